The SMILES string of the molecule is CCCNC(=S)Nc1ccc(C[n+]2ccc(-c3cnc(-c4ccc(OC)cc4)o3)cc2)cc1. The van der Waals surface area contributed by atoms with Gasteiger partial charge in [-0.05, 0) is 55.0 Å². The number of methoxy groups -OCH3 is 1. The van der Waals surface area contributed by atoms with E-state index < -0.39 is 0 Å². The van der Waals surface area contributed by atoms with Crippen molar-refractivity contribution in [1.82, 2.24) is 10.3 Å². The maximum Gasteiger partial charge on any atom is 0.226 e. The number of ether oxygens (including phenoxy) is 1. The van der Waals surface area contributed by atoms with Crippen molar-refractivity contribution in [3.05, 3.63) is 84.8 Å². The molecule has 0 saturated carbocycles. The predicted octanol–water partition coefficient (Wildman–Crippen LogP) is 5.05. The fraction of sp³-hybridized carbons (Fsp3) is 0.192. The highest BCUT2D eigenvalue weighted by atomic mass is 32.1. The molecule has 6 nitrogen and oxygen atoms in total. The number of thiocarbonyl (C=S) groups is 1. The van der Waals surface area contributed by atoms with Crippen molar-refractivity contribution in [2.75, 3.05) is 19.0 Å². The van der Waals surface area contributed by atoms with Crippen LogP contribution in [0.15, 0.2) is 83.7 Å². The average molecular weight is 460 g/mol. The summed E-state index contributed by atoms with van der Waals surface area (Å²) in [7, 11) is 1.65. The first-order valence-electron chi connectivity index (χ1n) is 10.9. The minimum absolute atomic E-state index is 0.586. The van der Waals surface area contributed by atoms with Crippen molar-refractivity contribution in [3.8, 4) is 28.5 Å². The minimum Gasteiger partial charge on any atom is -0.497 e. The molecule has 2 N–H and O–H groups in total. The Kier molecular flexibility index (Phi) is 7.32. The van der Waals surface area contributed by atoms with E-state index in [4.69, 9.17) is 21.4 Å². The summed E-state index contributed by atoms with van der Waals surface area (Å²) >= 11 is 5.29. The van der Waals surface area contributed by atoms with Crippen molar-refractivity contribution >= 4 is 23.0 Å². The fourth-order valence-corrected chi connectivity index (χ4v) is 3.54. The summed E-state index contributed by atoms with van der Waals surface area (Å²) in [5.41, 5.74) is 4.07. The van der Waals surface area contributed by atoms with Crippen LogP contribution in [-0.2, 0) is 6.54 Å². The molecule has 0 aliphatic rings. The highest BCUT2D eigenvalue weighted by molar-refractivity contribution is 7.80. The van der Waals surface area contributed by atoms with Crippen LogP contribution in [0.4, 0.5) is 5.69 Å². The summed E-state index contributed by atoms with van der Waals surface area (Å²) < 4.78 is 13.3. The molecule has 4 aromatic rings. The second-order valence-corrected chi connectivity index (χ2v) is 8.00. The Hall–Kier alpha value is -3.71. The van der Waals surface area contributed by atoms with E-state index in [1.807, 2.05) is 60.9 Å². The zero-order chi connectivity index (χ0) is 23.0. The van der Waals surface area contributed by atoms with Gasteiger partial charge in [-0.3, -0.25) is 0 Å². The van der Waals surface area contributed by atoms with Crippen molar-refractivity contribution in [2.45, 2.75) is 19.9 Å². The molecule has 0 bridgehead atoms. The summed E-state index contributed by atoms with van der Waals surface area (Å²) in [4.78, 5) is 4.42. The fourth-order valence-electron chi connectivity index (χ4n) is 3.32. The Morgan fingerprint density at radius 1 is 1.00 bits per heavy atom. The van der Waals surface area contributed by atoms with Gasteiger partial charge < -0.3 is 19.8 Å². The first kappa shape index (κ1) is 22.5. The van der Waals surface area contributed by atoms with Gasteiger partial charge in [-0.25, -0.2) is 9.55 Å². The van der Waals surface area contributed by atoms with Gasteiger partial charge >= 0.3 is 0 Å². The molecular weight excluding hydrogens is 432 g/mol. The molecule has 0 fully saturated rings. The van der Waals surface area contributed by atoms with E-state index in [2.05, 4.69) is 39.2 Å². The van der Waals surface area contributed by atoms with E-state index in [1.54, 1.807) is 13.3 Å². The average Bonchev–Trinajstić information content (AvgIpc) is 3.35. The highest BCUT2D eigenvalue weighted by Gasteiger charge is 2.11. The molecule has 0 amide bonds. The van der Waals surface area contributed by atoms with Gasteiger partial charge in [0.2, 0.25) is 5.89 Å². The maximum atomic E-state index is 5.97. The number of hydrogen-bond acceptors (Lipinski definition) is 4. The van der Waals surface area contributed by atoms with Crippen LogP contribution in [-0.4, -0.2) is 23.8 Å². The van der Waals surface area contributed by atoms with Crippen LogP contribution in [0.25, 0.3) is 22.8 Å². The number of benzene rings is 2. The quantitative estimate of drug-likeness (QED) is 0.284. The Bertz CT molecular complexity index is 1190. The lowest BCUT2D eigenvalue weighted by Crippen LogP contribution is -2.33. The van der Waals surface area contributed by atoms with Crippen molar-refractivity contribution < 1.29 is 13.7 Å². The number of pyridine rings is 1. The number of aromatic nitrogens is 2. The lowest BCUT2D eigenvalue weighted by molar-refractivity contribution is -0.688. The summed E-state index contributed by atoms with van der Waals surface area (Å²) in [6.45, 7) is 3.75. The zero-order valence-corrected chi connectivity index (χ0v) is 19.6. The monoisotopic (exact) mass is 459 g/mol. The zero-order valence-electron chi connectivity index (χ0n) is 18.7. The van der Waals surface area contributed by atoms with Gasteiger partial charge in [-0.2, -0.15) is 0 Å². The van der Waals surface area contributed by atoms with E-state index in [0.717, 1.165) is 47.8 Å². The Morgan fingerprint density at radius 2 is 1.73 bits per heavy atom. The predicted molar refractivity (Wildman–Crippen MR) is 134 cm³/mol. The van der Waals surface area contributed by atoms with E-state index >= 15 is 0 Å². The second-order valence-electron chi connectivity index (χ2n) is 7.60. The first-order valence-corrected chi connectivity index (χ1v) is 11.3. The third kappa shape index (κ3) is 5.96. The van der Waals surface area contributed by atoms with Crippen molar-refractivity contribution in [3.63, 3.8) is 0 Å². The number of nitrogens with zero attached hydrogens (tertiary/aromatic N) is 2. The lowest BCUT2D eigenvalue weighted by Gasteiger charge is -2.09. The Labute approximate surface area is 199 Å². The maximum absolute atomic E-state index is 5.97. The van der Waals surface area contributed by atoms with Gasteiger partial charge in [0, 0.05) is 41.1 Å². The van der Waals surface area contributed by atoms with Crippen molar-refractivity contribution in [2.24, 2.45) is 0 Å². The van der Waals surface area contributed by atoms with Crippen LogP contribution in [0.1, 0.15) is 18.9 Å². The second kappa shape index (κ2) is 10.7. The minimum atomic E-state index is 0.586. The summed E-state index contributed by atoms with van der Waals surface area (Å²) in [6, 6.07) is 20.0. The Balaban J connectivity index is 1.37. The van der Waals surface area contributed by atoms with Crippen LogP contribution >= 0.6 is 12.2 Å². The molecule has 2 aromatic heterocycles. The van der Waals surface area contributed by atoms with Crippen LogP contribution in [0, 0.1) is 0 Å². The van der Waals surface area contributed by atoms with E-state index in [9.17, 15) is 0 Å². The van der Waals surface area contributed by atoms with Gasteiger partial charge in [0.25, 0.3) is 0 Å². The third-order valence-electron chi connectivity index (χ3n) is 5.13. The molecule has 7 heteroatoms. The molecular formula is C26H27N4O2S+. The van der Waals surface area contributed by atoms with Crippen LogP contribution in [0.3, 0.4) is 0 Å². The van der Waals surface area contributed by atoms with Gasteiger partial charge in [0.1, 0.15) is 5.75 Å². The smallest absolute Gasteiger partial charge is 0.226 e. The van der Waals surface area contributed by atoms with Gasteiger partial charge in [0.05, 0.1) is 13.3 Å². The number of hydrogen-bond donors (Lipinski definition) is 2. The van der Waals surface area contributed by atoms with Crippen molar-refractivity contribution in [1.29, 1.82) is 0 Å². The topological polar surface area (TPSA) is 63.2 Å². The van der Waals surface area contributed by atoms with Crippen LogP contribution < -0.4 is 19.9 Å². The Morgan fingerprint density at radius 3 is 2.39 bits per heavy atom. The molecule has 33 heavy (non-hydrogen) atoms. The molecule has 0 aliphatic heterocycles. The van der Waals surface area contributed by atoms with E-state index in [1.165, 1.54) is 5.56 Å². The van der Waals surface area contributed by atoms with Gasteiger partial charge in [-0.15, -0.1) is 0 Å². The van der Waals surface area contributed by atoms with E-state index in [-0.39, 0.29) is 0 Å². The van der Waals surface area contributed by atoms with E-state index in [0.29, 0.717) is 11.0 Å². The molecule has 0 aliphatic carbocycles. The number of oxazole rings is 1. The molecule has 0 unspecified atom stereocenters. The summed E-state index contributed by atoms with van der Waals surface area (Å²) in [5.74, 6) is 2.12. The third-order valence-corrected chi connectivity index (χ3v) is 5.38. The molecule has 2 heterocycles. The molecule has 4 rings (SSSR count). The van der Waals surface area contributed by atoms with Gasteiger partial charge in [0.15, 0.2) is 29.8 Å². The van der Waals surface area contributed by atoms with Crippen LogP contribution in [0.2, 0.25) is 0 Å². The number of nitrogens with one attached hydrogen (secondary N) is 2. The molecule has 0 saturated heterocycles. The molecule has 0 spiro atoms. The molecule has 0 atom stereocenters. The largest absolute Gasteiger partial charge is 0.497 e. The summed E-state index contributed by atoms with van der Waals surface area (Å²) in [6.07, 6.45) is 6.88. The summed E-state index contributed by atoms with van der Waals surface area (Å²) in [5, 5.41) is 7.02. The first-order chi connectivity index (χ1) is 16.1. The highest BCUT2D eigenvalue weighted by Crippen LogP contribution is 2.26. The molecule has 168 valence electrons. The lowest BCUT2D eigenvalue weighted by atomic mass is 10.2. The number of rotatable bonds is 8. The van der Waals surface area contributed by atoms with Crippen LogP contribution in [0.5, 0.6) is 5.75 Å². The normalized spacial score (nSPS) is 10.6. The van der Waals surface area contributed by atoms with Gasteiger partial charge in [-0.1, -0.05) is 19.1 Å². The standard InChI is InChI=1S/C26H26N4O2S/c1-3-14-27-26(33)29-22-8-4-19(5-9-22)18-30-15-12-20(13-16-30)24-17-28-25(32-24)21-6-10-23(31-2)11-7-21/h4-13,15-17H,3,14,18H2,1-2H3,(H-,27,29,33)/p+1. The number of anilines is 1. The molecule has 0 radical (unpaired) electrons. The molecule has 2 aromatic carbocycles.